The van der Waals surface area contributed by atoms with Gasteiger partial charge >= 0.3 is 0 Å². The number of hydrogen-bond donors (Lipinski definition) is 1. The van der Waals surface area contributed by atoms with E-state index in [1.54, 1.807) is 0 Å². The highest BCUT2D eigenvalue weighted by atomic mass is 35.5. The predicted molar refractivity (Wildman–Crippen MR) is 65.9 cm³/mol. The minimum Gasteiger partial charge on any atom is -0.443 e. The Morgan fingerprint density at radius 1 is 1.53 bits per heavy atom. The number of benzene rings is 1. The van der Waals surface area contributed by atoms with Crippen molar-refractivity contribution in [1.29, 1.82) is 0 Å². The Morgan fingerprint density at radius 2 is 2.29 bits per heavy atom. The number of amides is 1. The van der Waals surface area contributed by atoms with Crippen molar-refractivity contribution in [3.63, 3.8) is 0 Å². The van der Waals surface area contributed by atoms with Gasteiger partial charge in [0.05, 0.1) is 5.54 Å². The number of carbonyl (C=O) groups excluding carboxylic acids is 1. The van der Waals surface area contributed by atoms with Crippen molar-refractivity contribution >= 4 is 28.6 Å². The van der Waals surface area contributed by atoms with E-state index in [0.29, 0.717) is 5.58 Å². The highest BCUT2D eigenvalue weighted by Gasteiger charge is 2.23. The molecule has 0 fully saturated rings. The van der Waals surface area contributed by atoms with Crippen LogP contribution in [0.15, 0.2) is 29.0 Å². The molecule has 4 nitrogen and oxygen atoms in total. The molecule has 0 saturated carbocycles. The zero-order chi connectivity index (χ0) is 12.5. The Kier molecular flexibility index (Phi) is 3.07. The third-order valence-electron chi connectivity index (χ3n) is 2.63. The van der Waals surface area contributed by atoms with Crippen molar-refractivity contribution < 1.29 is 9.21 Å². The van der Waals surface area contributed by atoms with Crippen LogP contribution in [0.1, 0.15) is 19.4 Å². The molecule has 17 heavy (non-hydrogen) atoms. The van der Waals surface area contributed by atoms with Gasteiger partial charge in [0.25, 0.3) is 0 Å². The lowest BCUT2D eigenvalue weighted by Gasteiger charge is -2.26. The highest BCUT2D eigenvalue weighted by molar-refractivity contribution is 6.27. The maximum atomic E-state index is 11.3. The van der Waals surface area contributed by atoms with Crippen molar-refractivity contribution in [1.82, 2.24) is 10.3 Å². The molecule has 1 heterocycles. The predicted octanol–water partition coefficient (Wildman–Crippen LogP) is 2.42. The molecule has 1 N–H and O–H groups in total. The molecule has 2 aromatic rings. The Balaban J connectivity index is 2.33. The molecule has 1 aromatic heterocycles. The first kappa shape index (κ1) is 11.9. The maximum Gasteiger partial charge on any atom is 0.235 e. The molecule has 2 rings (SSSR count). The summed E-state index contributed by atoms with van der Waals surface area (Å²) in [6, 6.07) is 5.65. The standard InChI is InChI=1S/C12H13ClN2O2/c1-12(2,15-11(16)6-13)8-3-4-9-10(5-8)17-7-14-9/h3-5,7H,6H2,1-2H3,(H,15,16). The minimum absolute atomic E-state index is 0.0476. The van der Waals surface area contributed by atoms with Crippen LogP contribution in [-0.2, 0) is 10.3 Å². The number of aromatic nitrogens is 1. The maximum absolute atomic E-state index is 11.3. The SMILES string of the molecule is CC(C)(NC(=O)CCl)c1ccc2ncoc2c1. The van der Waals surface area contributed by atoms with E-state index in [1.807, 2.05) is 32.0 Å². The van der Waals surface area contributed by atoms with E-state index >= 15 is 0 Å². The lowest BCUT2D eigenvalue weighted by molar-refractivity contribution is -0.120. The number of oxazole rings is 1. The largest absolute Gasteiger partial charge is 0.443 e. The van der Waals surface area contributed by atoms with Gasteiger partial charge in [-0.3, -0.25) is 4.79 Å². The average molecular weight is 253 g/mol. The van der Waals surface area contributed by atoms with Crippen molar-refractivity contribution in [3.05, 3.63) is 30.2 Å². The van der Waals surface area contributed by atoms with E-state index in [2.05, 4.69) is 10.3 Å². The van der Waals surface area contributed by atoms with Gasteiger partial charge in [0, 0.05) is 0 Å². The number of carbonyl (C=O) groups is 1. The van der Waals surface area contributed by atoms with Crippen molar-refractivity contribution in [2.75, 3.05) is 5.88 Å². The fraction of sp³-hybridized carbons (Fsp3) is 0.333. The number of fused-ring (bicyclic) bond motifs is 1. The lowest BCUT2D eigenvalue weighted by atomic mass is 9.94. The second-order valence-electron chi connectivity index (χ2n) is 4.34. The van der Waals surface area contributed by atoms with Gasteiger partial charge in [0.2, 0.25) is 5.91 Å². The van der Waals surface area contributed by atoms with Crippen LogP contribution in [0.3, 0.4) is 0 Å². The van der Waals surface area contributed by atoms with E-state index in [-0.39, 0.29) is 11.8 Å². The van der Waals surface area contributed by atoms with Crippen LogP contribution in [0.5, 0.6) is 0 Å². The lowest BCUT2D eigenvalue weighted by Crippen LogP contribution is -2.41. The molecule has 0 aliphatic rings. The molecule has 0 aliphatic carbocycles. The third-order valence-corrected chi connectivity index (χ3v) is 2.87. The summed E-state index contributed by atoms with van der Waals surface area (Å²) in [4.78, 5) is 15.4. The number of nitrogens with one attached hydrogen (secondary N) is 1. The van der Waals surface area contributed by atoms with Gasteiger partial charge in [0.1, 0.15) is 11.4 Å². The molecule has 5 heteroatoms. The van der Waals surface area contributed by atoms with Crippen LogP contribution < -0.4 is 5.32 Å². The smallest absolute Gasteiger partial charge is 0.235 e. The molecule has 0 bridgehead atoms. The molecule has 0 spiro atoms. The molecule has 0 unspecified atom stereocenters. The summed E-state index contributed by atoms with van der Waals surface area (Å²) in [5.41, 5.74) is 1.96. The molecule has 1 amide bonds. The summed E-state index contributed by atoms with van der Waals surface area (Å²) in [6.07, 6.45) is 1.40. The van der Waals surface area contributed by atoms with E-state index in [0.717, 1.165) is 11.1 Å². The van der Waals surface area contributed by atoms with Crippen LogP contribution in [0.25, 0.3) is 11.1 Å². The summed E-state index contributed by atoms with van der Waals surface area (Å²) in [5.74, 6) is -0.247. The van der Waals surface area contributed by atoms with Crippen LogP contribution in [0.2, 0.25) is 0 Å². The Morgan fingerprint density at radius 3 is 3.00 bits per heavy atom. The highest BCUT2D eigenvalue weighted by Crippen LogP contribution is 2.24. The van der Waals surface area contributed by atoms with Gasteiger partial charge < -0.3 is 9.73 Å². The Bertz CT molecular complexity index is 548. The van der Waals surface area contributed by atoms with Crippen molar-refractivity contribution in [2.24, 2.45) is 0 Å². The Hall–Kier alpha value is -1.55. The molecular weight excluding hydrogens is 240 g/mol. The van der Waals surface area contributed by atoms with Crippen LogP contribution in [0, 0.1) is 0 Å². The van der Waals surface area contributed by atoms with E-state index < -0.39 is 5.54 Å². The van der Waals surface area contributed by atoms with Crippen molar-refractivity contribution in [2.45, 2.75) is 19.4 Å². The van der Waals surface area contributed by atoms with Gasteiger partial charge in [-0.25, -0.2) is 4.98 Å². The van der Waals surface area contributed by atoms with E-state index in [4.69, 9.17) is 16.0 Å². The number of alkyl halides is 1. The zero-order valence-corrected chi connectivity index (χ0v) is 10.4. The number of rotatable bonds is 3. The summed E-state index contributed by atoms with van der Waals surface area (Å²) >= 11 is 5.48. The monoisotopic (exact) mass is 252 g/mol. The first-order valence-electron chi connectivity index (χ1n) is 5.23. The molecule has 0 saturated heterocycles. The molecular formula is C12H13ClN2O2. The minimum atomic E-state index is -0.493. The average Bonchev–Trinajstić information content (AvgIpc) is 2.75. The number of nitrogens with zero attached hydrogens (tertiary/aromatic N) is 1. The van der Waals surface area contributed by atoms with E-state index in [9.17, 15) is 4.79 Å². The summed E-state index contributed by atoms with van der Waals surface area (Å²) < 4.78 is 5.24. The first-order chi connectivity index (χ1) is 8.03. The first-order valence-corrected chi connectivity index (χ1v) is 5.77. The number of halogens is 1. The van der Waals surface area contributed by atoms with Gasteiger partial charge in [0.15, 0.2) is 12.0 Å². The van der Waals surface area contributed by atoms with Gasteiger partial charge in [-0.2, -0.15) is 0 Å². The fourth-order valence-electron chi connectivity index (χ4n) is 1.70. The van der Waals surface area contributed by atoms with Crippen LogP contribution in [0.4, 0.5) is 0 Å². The quantitative estimate of drug-likeness (QED) is 0.854. The normalized spacial score (nSPS) is 11.7. The third kappa shape index (κ3) is 2.42. The summed E-state index contributed by atoms with van der Waals surface area (Å²) in [6.45, 7) is 3.82. The number of hydrogen-bond acceptors (Lipinski definition) is 3. The second kappa shape index (κ2) is 4.37. The van der Waals surface area contributed by atoms with Crippen LogP contribution >= 0.6 is 11.6 Å². The van der Waals surface area contributed by atoms with E-state index in [1.165, 1.54) is 6.39 Å². The summed E-state index contributed by atoms with van der Waals surface area (Å²) in [5, 5.41) is 2.85. The molecule has 90 valence electrons. The molecule has 0 radical (unpaired) electrons. The summed E-state index contributed by atoms with van der Waals surface area (Å²) in [7, 11) is 0. The van der Waals surface area contributed by atoms with Crippen molar-refractivity contribution in [3.8, 4) is 0 Å². The topological polar surface area (TPSA) is 55.1 Å². The van der Waals surface area contributed by atoms with Gasteiger partial charge in [-0.15, -0.1) is 11.6 Å². The zero-order valence-electron chi connectivity index (χ0n) is 9.66. The Labute approximate surface area is 104 Å². The van der Waals surface area contributed by atoms with Gasteiger partial charge in [-0.05, 0) is 31.5 Å². The second-order valence-corrected chi connectivity index (χ2v) is 4.61. The fourth-order valence-corrected chi connectivity index (χ4v) is 1.76. The molecule has 0 aliphatic heterocycles. The molecule has 0 atom stereocenters. The van der Waals surface area contributed by atoms with Crippen LogP contribution in [-0.4, -0.2) is 16.8 Å². The molecule has 1 aromatic carbocycles. The van der Waals surface area contributed by atoms with Gasteiger partial charge in [-0.1, -0.05) is 6.07 Å².